The van der Waals surface area contributed by atoms with Crippen LogP contribution in [0.25, 0.3) is 0 Å². The quantitative estimate of drug-likeness (QED) is 0.626. The van der Waals surface area contributed by atoms with E-state index < -0.39 is 57.6 Å². The molecule has 1 N–H and O–H groups in total. The Balaban J connectivity index is 2.59. The highest BCUT2D eigenvalue weighted by molar-refractivity contribution is 7.86. The van der Waals surface area contributed by atoms with Gasteiger partial charge < -0.3 is 9.67 Å². The van der Waals surface area contributed by atoms with Gasteiger partial charge in [0, 0.05) is 6.20 Å². The second-order valence-corrected chi connectivity index (χ2v) is 6.35. The molecule has 1 heterocycles. The Morgan fingerprint density at radius 2 is 1.69 bits per heavy atom. The van der Waals surface area contributed by atoms with Crippen molar-refractivity contribution in [2.45, 2.75) is 30.7 Å². The van der Waals surface area contributed by atoms with Gasteiger partial charge in [-0.05, 0) is 17.7 Å². The lowest BCUT2D eigenvalue weighted by molar-refractivity contribution is -0.143. The number of aliphatic hydroxyl groups excluding tert-OH is 1. The predicted octanol–water partition coefficient (Wildman–Crippen LogP) is 3.12. The van der Waals surface area contributed by atoms with Gasteiger partial charge in [0.1, 0.15) is 0 Å². The smallest absolute Gasteiger partial charge is 0.390 e. The third-order valence-electron chi connectivity index (χ3n) is 3.25. The van der Waals surface area contributed by atoms with Crippen molar-refractivity contribution in [1.82, 2.24) is 9.55 Å². The van der Waals surface area contributed by atoms with Gasteiger partial charge in [0.25, 0.3) is 5.16 Å². The summed E-state index contributed by atoms with van der Waals surface area (Å²) in [6, 6.07) is 0.778. The molecule has 0 bridgehead atoms. The summed E-state index contributed by atoms with van der Waals surface area (Å²) in [6.07, 6.45) is -9.42. The summed E-state index contributed by atoms with van der Waals surface area (Å²) in [5.74, 6) is 0. The standard InChI is InChI=1S/C13H9F7N2O3S/c14-12(15,16)8-2-1-7(10(3-8)13(17,18)19)4-22-5-9(6-23)21-11(22)26(20,24)25/h1-3,5,23H,4,6H2. The maximum atomic E-state index is 13.2. The van der Waals surface area contributed by atoms with E-state index in [2.05, 4.69) is 4.98 Å². The molecule has 0 saturated carbocycles. The van der Waals surface area contributed by atoms with Gasteiger partial charge in [0.15, 0.2) is 0 Å². The van der Waals surface area contributed by atoms with E-state index in [0.29, 0.717) is 16.7 Å². The van der Waals surface area contributed by atoms with Crippen molar-refractivity contribution in [3.8, 4) is 0 Å². The molecule has 0 aliphatic heterocycles. The normalized spacial score (nSPS) is 13.2. The van der Waals surface area contributed by atoms with Crippen LogP contribution in [0.5, 0.6) is 0 Å². The van der Waals surface area contributed by atoms with Crippen molar-refractivity contribution >= 4 is 10.2 Å². The van der Waals surface area contributed by atoms with Crippen LogP contribution in [0.2, 0.25) is 0 Å². The maximum Gasteiger partial charge on any atom is 0.416 e. The first-order valence-electron chi connectivity index (χ1n) is 6.62. The molecule has 144 valence electrons. The Morgan fingerprint density at radius 3 is 2.15 bits per heavy atom. The molecule has 2 rings (SSSR count). The minimum absolute atomic E-state index is 0.122. The van der Waals surface area contributed by atoms with Crippen LogP contribution in [0.1, 0.15) is 22.4 Å². The number of imidazole rings is 1. The highest BCUT2D eigenvalue weighted by atomic mass is 32.3. The molecule has 13 heteroatoms. The van der Waals surface area contributed by atoms with E-state index in [0.717, 1.165) is 6.20 Å². The van der Waals surface area contributed by atoms with Gasteiger partial charge >= 0.3 is 22.6 Å². The Labute approximate surface area is 141 Å². The molecule has 1 aromatic heterocycles. The van der Waals surface area contributed by atoms with Gasteiger partial charge in [-0.25, -0.2) is 4.98 Å². The van der Waals surface area contributed by atoms with Crippen molar-refractivity contribution in [1.29, 1.82) is 0 Å². The first-order valence-corrected chi connectivity index (χ1v) is 8.00. The minimum atomic E-state index is -5.44. The molecule has 1 aromatic carbocycles. The zero-order valence-electron chi connectivity index (χ0n) is 12.4. The van der Waals surface area contributed by atoms with Crippen LogP contribution in [0.4, 0.5) is 30.2 Å². The zero-order chi connectivity index (χ0) is 19.9. The molecular weight excluding hydrogens is 397 g/mol. The monoisotopic (exact) mass is 406 g/mol. The summed E-state index contributed by atoms with van der Waals surface area (Å²) in [4.78, 5) is 3.23. The molecule has 0 spiro atoms. The lowest BCUT2D eigenvalue weighted by Gasteiger charge is -2.16. The number of rotatable bonds is 4. The highest BCUT2D eigenvalue weighted by Crippen LogP contribution is 2.37. The van der Waals surface area contributed by atoms with Crippen LogP contribution < -0.4 is 0 Å². The van der Waals surface area contributed by atoms with E-state index in [4.69, 9.17) is 5.11 Å². The number of aromatic nitrogens is 2. The lowest BCUT2D eigenvalue weighted by Crippen LogP contribution is -2.16. The van der Waals surface area contributed by atoms with E-state index in [1.54, 1.807) is 0 Å². The topological polar surface area (TPSA) is 72.2 Å². The van der Waals surface area contributed by atoms with Gasteiger partial charge in [0.05, 0.1) is 30.0 Å². The molecule has 0 aliphatic rings. The number of benzene rings is 1. The van der Waals surface area contributed by atoms with Crippen LogP contribution in [-0.4, -0.2) is 23.1 Å². The molecule has 5 nitrogen and oxygen atoms in total. The summed E-state index contributed by atoms with van der Waals surface area (Å²) < 4.78 is 113. The Morgan fingerprint density at radius 1 is 1.08 bits per heavy atom. The summed E-state index contributed by atoms with van der Waals surface area (Å²) in [7, 11) is -5.44. The number of aliphatic hydroxyl groups is 1. The summed E-state index contributed by atoms with van der Waals surface area (Å²) >= 11 is 0. The number of nitrogens with zero attached hydrogens (tertiary/aromatic N) is 2. The fraction of sp³-hybridized carbons (Fsp3) is 0.308. The molecular formula is C13H9F7N2O3S. The minimum Gasteiger partial charge on any atom is -0.390 e. The van der Waals surface area contributed by atoms with Gasteiger partial charge in [-0.3, -0.25) is 0 Å². The molecule has 0 saturated heterocycles. The van der Waals surface area contributed by atoms with Crippen LogP contribution in [0.3, 0.4) is 0 Å². The molecule has 0 radical (unpaired) electrons. The van der Waals surface area contributed by atoms with Crippen molar-refractivity contribution in [3.63, 3.8) is 0 Å². The molecule has 26 heavy (non-hydrogen) atoms. The summed E-state index contributed by atoms with van der Waals surface area (Å²) in [6.45, 7) is -1.76. The SMILES string of the molecule is O=S(=O)(F)c1nc(CO)cn1Cc1ccc(C(F)(F)F)cc1C(F)(F)F. The van der Waals surface area contributed by atoms with Crippen LogP contribution in [0.15, 0.2) is 29.6 Å². The molecule has 0 amide bonds. The largest absolute Gasteiger partial charge is 0.416 e. The van der Waals surface area contributed by atoms with Crippen LogP contribution >= 0.6 is 0 Å². The first kappa shape index (κ1) is 20.2. The Hall–Kier alpha value is -2.15. The van der Waals surface area contributed by atoms with Crippen molar-refractivity contribution in [2.75, 3.05) is 0 Å². The molecule has 0 unspecified atom stereocenters. The van der Waals surface area contributed by atoms with E-state index >= 15 is 0 Å². The Bertz CT molecular complexity index is 917. The first-order chi connectivity index (χ1) is 11.7. The third kappa shape index (κ3) is 4.33. The van der Waals surface area contributed by atoms with E-state index in [1.165, 1.54) is 0 Å². The summed E-state index contributed by atoms with van der Waals surface area (Å²) in [5, 5.41) is 7.65. The summed E-state index contributed by atoms with van der Waals surface area (Å²) in [5.41, 5.74) is -4.29. The fourth-order valence-electron chi connectivity index (χ4n) is 2.17. The molecule has 0 aliphatic carbocycles. The van der Waals surface area contributed by atoms with E-state index in [-0.39, 0.29) is 11.8 Å². The molecule has 0 fully saturated rings. The molecule has 0 atom stereocenters. The van der Waals surface area contributed by atoms with E-state index in [9.17, 15) is 38.6 Å². The number of hydrogen-bond acceptors (Lipinski definition) is 4. The predicted molar refractivity (Wildman–Crippen MR) is 72.0 cm³/mol. The van der Waals surface area contributed by atoms with Gasteiger partial charge in [0.2, 0.25) is 0 Å². The second kappa shape index (κ2) is 6.54. The maximum absolute atomic E-state index is 13.2. The highest BCUT2D eigenvalue weighted by Gasteiger charge is 2.38. The van der Waals surface area contributed by atoms with Crippen molar-refractivity contribution < 1.29 is 43.8 Å². The molecule has 2 aromatic rings. The Kier molecular flexibility index (Phi) is 5.07. The second-order valence-electron chi connectivity index (χ2n) is 5.11. The number of hydrogen-bond donors (Lipinski definition) is 1. The van der Waals surface area contributed by atoms with Gasteiger partial charge in [-0.2, -0.15) is 34.8 Å². The van der Waals surface area contributed by atoms with Crippen LogP contribution in [0, 0.1) is 0 Å². The number of alkyl halides is 6. The average molecular weight is 406 g/mol. The zero-order valence-corrected chi connectivity index (χ0v) is 13.3. The van der Waals surface area contributed by atoms with E-state index in [1.807, 2.05) is 0 Å². The van der Waals surface area contributed by atoms with Crippen molar-refractivity contribution in [3.05, 3.63) is 46.8 Å². The fourth-order valence-corrected chi connectivity index (χ4v) is 2.80. The van der Waals surface area contributed by atoms with Gasteiger partial charge in [-0.15, -0.1) is 0 Å². The lowest BCUT2D eigenvalue weighted by atomic mass is 10.0. The number of halogens is 7. The third-order valence-corrected chi connectivity index (χ3v) is 4.02. The van der Waals surface area contributed by atoms with Gasteiger partial charge in [-0.1, -0.05) is 9.95 Å². The van der Waals surface area contributed by atoms with Crippen LogP contribution in [-0.2, 0) is 35.7 Å². The average Bonchev–Trinajstić information content (AvgIpc) is 2.88. The van der Waals surface area contributed by atoms with Crippen molar-refractivity contribution in [2.24, 2.45) is 0 Å².